The molecule has 0 saturated carbocycles. The van der Waals surface area contributed by atoms with Gasteiger partial charge in [-0.2, -0.15) is 0 Å². The highest BCUT2D eigenvalue weighted by molar-refractivity contribution is 7.91. The predicted molar refractivity (Wildman–Crippen MR) is 95.6 cm³/mol. The van der Waals surface area contributed by atoms with Gasteiger partial charge in [-0.15, -0.1) is 0 Å². The van der Waals surface area contributed by atoms with Crippen molar-refractivity contribution in [1.29, 1.82) is 0 Å². The van der Waals surface area contributed by atoms with Gasteiger partial charge < -0.3 is 10.6 Å². The first-order valence-electron chi connectivity index (χ1n) is 8.90. The van der Waals surface area contributed by atoms with Crippen LogP contribution in [0, 0.1) is 5.92 Å². The molecule has 0 aromatic heterocycles. The normalized spacial score (nSPS) is 26.6. The molecule has 134 valence electrons. The molecule has 0 aliphatic carbocycles. The van der Waals surface area contributed by atoms with Gasteiger partial charge in [0.2, 0.25) is 0 Å². The maximum absolute atomic E-state index is 11.6. The van der Waals surface area contributed by atoms with Gasteiger partial charge in [0.1, 0.15) is 0 Å². The van der Waals surface area contributed by atoms with E-state index in [0.717, 1.165) is 19.0 Å². The minimum atomic E-state index is -2.87. The van der Waals surface area contributed by atoms with Crippen molar-refractivity contribution in [3.05, 3.63) is 0 Å². The Kier molecular flexibility index (Phi) is 6.71. The first kappa shape index (κ1) is 18.5. The van der Waals surface area contributed by atoms with Crippen molar-refractivity contribution in [2.24, 2.45) is 10.9 Å². The molecule has 2 fully saturated rings. The molecule has 23 heavy (non-hydrogen) atoms. The number of nitrogens with zero attached hydrogens (tertiary/aromatic N) is 2. The van der Waals surface area contributed by atoms with Crippen LogP contribution in [-0.2, 0) is 9.84 Å². The zero-order chi connectivity index (χ0) is 16.9. The van der Waals surface area contributed by atoms with Crippen molar-refractivity contribution < 1.29 is 8.42 Å². The Labute approximate surface area is 141 Å². The van der Waals surface area contributed by atoms with E-state index >= 15 is 0 Å². The Hall–Kier alpha value is -0.820. The molecule has 0 radical (unpaired) electrons. The third-order valence-electron chi connectivity index (χ3n) is 4.73. The molecule has 2 atom stereocenters. The van der Waals surface area contributed by atoms with Crippen molar-refractivity contribution in [3.8, 4) is 0 Å². The number of likely N-dealkylation sites (tertiary alicyclic amines) is 1. The van der Waals surface area contributed by atoms with E-state index < -0.39 is 9.84 Å². The Morgan fingerprint density at radius 1 is 1.30 bits per heavy atom. The van der Waals surface area contributed by atoms with E-state index in [1.807, 2.05) is 6.92 Å². The van der Waals surface area contributed by atoms with Gasteiger partial charge in [0.05, 0.1) is 18.1 Å². The molecule has 2 aliphatic heterocycles. The average Bonchev–Trinajstić information content (AvgIpc) is 3.09. The van der Waals surface area contributed by atoms with Crippen LogP contribution in [-0.4, -0.2) is 69.0 Å². The first-order chi connectivity index (χ1) is 10.9. The number of rotatable bonds is 6. The SMILES string of the molecule is CCNC(=NCC(C(C)C)N1CCCC1)NC1CCS(=O)(=O)C1. The van der Waals surface area contributed by atoms with Gasteiger partial charge in [-0.3, -0.25) is 9.89 Å². The van der Waals surface area contributed by atoms with Gasteiger partial charge >= 0.3 is 0 Å². The Bertz CT molecular complexity index is 498. The van der Waals surface area contributed by atoms with Crippen LogP contribution < -0.4 is 10.6 Å². The second-order valence-electron chi connectivity index (χ2n) is 7.02. The summed E-state index contributed by atoms with van der Waals surface area (Å²) in [5.41, 5.74) is 0. The molecule has 2 saturated heterocycles. The molecule has 0 amide bonds. The molecule has 0 aromatic carbocycles. The van der Waals surface area contributed by atoms with Crippen LogP contribution in [0.5, 0.6) is 0 Å². The highest BCUT2D eigenvalue weighted by Gasteiger charge is 2.29. The molecule has 0 aromatic rings. The number of hydrogen-bond acceptors (Lipinski definition) is 4. The minimum Gasteiger partial charge on any atom is -0.357 e. The van der Waals surface area contributed by atoms with E-state index in [-0.39, 0.29) is 17.5 Å². The van der Waals surface area contributed by atoms with Gasteiger partial charge in [0, 0.05) is 18.6 Å². The lowest BCUT2D eigenvalue weighted by atomic mass is 10.0. The molecular weight excluding hydrogens is 312 g/mol. The maximum Gasteiger partial charge on any atom is 0.191 e. The van der Waals surface area contributed by atoms with E-state index in [1.165, 1.54) is 25.9 Å². The fourth-order valence-electron chi connectivity index (χ4n) is 3.43. The topological polar surface area (TPSA) is 73.8 Å². The van der Waals surface area contributed by atoms with Crippen molar-refractivity contribution >= 4 is 15.8 Å². The zero-order valence-corrected chi connectivity index (χ0v) is 15.5. The van der Waals surface area contributed by atoms with Crippen LogP contribution in [0.4, 0.5) is 0 Å². The summed E-state index contributed by atoms with van der Waals surface area (Å²) in [6.45, 7) is 10.4. The largest absolute Gasteiger partial charge is 0.357 e. The van der Waals surface area contributed by atoms with Crippen molar-refractivity contribution in [3.63, 3.8) is 0 Å². The number of nitrogens with one attached hydrogen (secondary N) is 2. The van der Waals surface area contributed by atoms with Gasteiger partial charge in [-0.05, 0) is 45.2 Å². The standard InChI is InChI=1S/C16H32N4O2S/c1-4-17-16(19-14-7-10-23(21,22)12-14)18-11-15(13(2)3)20-8-5-6-9-20/h13-15H,4-12H2,1-3H3,(H2,17,18,19). The van der Waals surface area contributed by atoms with Crippen molar-refractivity contribution in [2.75, 3.05) is 37.7 Å². The third kappa shape index (κ3) is 5.64. The highest BCUT2D eigenvalue weighted by Crippen LogP contribution is 2.18. The van der Waals surface area contributed by atoms with Crippen LogP contribution in [0.2, 0.25) is 0 Å². The van der Waals surface area contributed by atoms with Gasteiger partial charge in [0.15, 0.2) is 15.8 Å². The fraction of sp³-hybridized carbons (Fsp3) is 0.938. The van der Waals surface area contributed by atoms with E-state index in [0.29, 0.717) is 18.4 Å². The van der Waals surface area contributed by atoms with E-state index in [2.05, 4.69) is 29.4 Å². The lowest BCUT2D eigenvalue weighted by Crippen LogP contribution is -2.45. The lowest BCUT2D eigenvalue weighted by molar-refractivity contribution is 0.197. The van der Waals surface area contributed by atoms with E-state index in [9.17, 15) is 8.42 Å². The number of guanidine groups is 1. The summed E-state index contributed by atoms with van der Waals surface area (Å²) in [5, 5.41) is 6.55. The Balaban J connectivity index is 1.96. The summed E-state index contributed by atoms with van der Waals surface area (Å²) in [6, 6.07) is 0.447. The predicted octanol–water partition coefficient (Wildman–Crippen LogP) is 0.849. The van der Waals surface area contributed by atoms with Crippen molar-refractivity contribution in [1.82, 2.24) is 15.5 Å². The maximum atomic E-state index is 11.6. The molecule has 2 unspecified atom stereocenters. The lowest BCUT2D eigenvalue weighted by Gasteiger charge is -2.29. The van der Waals surface area contributed by atoms with Crippen LogP contribution >= 0.6 is 0 Å². The molecule has 2 heterocycles. The zero-order valence-electron chi connectivity index (χ0n) is 14.7. The smallest absolute Gasteiger partial charge is 0.191 e. The summed E-state index contributed by atoms with van der Waals surface area (Å²) in [7, 11) is -2.87. The molecule has 6 nitrogen and oxygen atoms in total. The summed E-state index contributed by atoms with van der Waals surface area (Å²) >= 11 is 0. The third-order valence-corrected chi connectivity index (χ3v) is 6.50. The van der Waals surface area contributed by atoms with Crippen LogP contribution in [0.25, 0.3) is 0 Å². The molecule has 0 bridgehead atoms. The molecule has 2 N–H and O–H groups in total. The minimum absolute atomic E-state index is 0.0120. The monoisotopic (exact) mass is 344 g/mol. The molecule has 2 rings (SSSR count). The Morgan fingerprint density at radius 3 is 2.52 bits per heavy atom. The average molecular weight is 345 g/mol. The molecule has 0 spiro atoms. The second-order valence-corrected chi connectivity index (χ2v) is 9.25. The number of aliphatic imine (C=N–C) groups is 1. The highest BCUT2D eigenvalue weighted by atomic mass is 32.2. The summed E-state index contributed by atoms with van der Waals surface area (Å²) in [4.78, 5) is 7.29. The van der Waals surface area contributed by atoms with Gasteiger partial charge in [-0.25, -0.2) is 8.42 Å². The first-order valence-corrected chi connectivity index (χ1v) is 10.7. The summed E-state index contributed by atoms with van der Waals surface area (Å²) < 4.78 is 23.2. The van der Waals surface area contributed by atoms with E-state index in [1.54, 1.807) is 0 Å². The molecule has 7 heteroatoms. The molecular formula is C16H32N4O2S. The van der Waals surface area contributed by atoms with Crippen LogP contribution in [0.3, 0.4) is 0 Å². The molecule has 2 aliphatic rings. The van der Waals surface area contributed by atoms with Crippen LogP contribution in [0.15, 0.2) is 4.99 Å². The van der Waals surface area contributed by atoms with Crippen LogP contribution in [0.1, 0.15) is 40.0 Å². The fourth-order valence-corrected chi connectivity index (χ4v) is 5.10. The number of sulfone groups is 1. The van der Waals surface area contributed by atoms with Gasteiger partial charge in [0.25, 0.3) is 0 Å². The second kappa shape index (κ2) is 8.33. The van der Waals surface area contributed by atoms with Gasteiger partial charge in [-0.1, -0.05) is 13.8 Å². The van der Waals surface area contributed by atoms with E-state index in [4.69, 9.17) is 4.99 Å². The number of hydrogen-bond donors (Lipinski definition) is 2. The summed E-state index contributed by atoms with van der Waals surface area (Å²) in [5.74, 6) is 1.81. The quantitative estimate of drug-likeness (QED) is 0.552. The Morgan fingerprint density at radius 2 is 2.00 bits per heavy atom. The summed E-state index contributed by atoms with van der Waals surface area (Å²) in [6.07, 6.45) is 3.24. The van der Waals surface area contributed by atoms with Crippen molar-refractivity contribution in [2.45, 2.75) is 52.1 Å².